The van der Waals surface area contributed by atoms with Gasteiger partial charge in [0.15, 0.2) is 6.61 Å². The van der Waals surface area contributed by atoms with E-state index in [9.17, 15) is 9.59 Å². The number of nitrogens with one attached hydrogen (secondary N) is 1. The van der Waals surface area contributed by atoms with Crippen LogP contribution in [0.25, 0.3) is 0 Å². The molecule has 0 fully saturated rings. The van der Waals surface area contributed by atoms with Crippen molar-refractivity contribution < 1.29 is 14.3 Å². The molecule has 1 atom stereocenters. The van der Waals surface area contributed by atoms with Gasteiger partial charge in [-0.2, -0.15) is 0 Å². The van der Waals surface area contributed by atoms with E-state index in [1.54, 1.807) is 4.90 Å². The van der Waals surface area contributed by atoms with Crippen LogP contribution in [-0.4, -0.2) is 35.9 Å². The van der Waals surface area contributed by atoms with E-state index in [1.165, 1.54) is 0 Å². The highest BCUT2D eigenvalue weighted by Gasteiger charge is 2.28. The van der Waals surface area contributed by atoms with Gasteiger partial charge in [-0.3, -0.25) is 9.59 Å². The predicted molar refractivity (Wildman–Crippen MR) is 120 cm³/mol. The van der Waals surface area contributed by atoms with Gasteiger partial charge in [0.05, 0.1) is 0 Å². The molecule has 0 aliphatic rings. The maximum absolute atomic E-state index is 13.1. The van der Waals surface area contributed by atoms with E-state index in [4.69, 9.17) is 4.74 Å². The molecule has 0 aliphatic carbocycles. The predicted octanol–water partition coefficient (Wildman–Crippen LogP) is 4.41. The molecule has 0 spiro atoms. The first kappa shape index (κ1) is 23.5. The number of aryl methyl sites for hydroxylation is 2. The van der Waals surface area contributed by atoms with Gasteiger partial charge >= 0.3 is 0 Å². The van der Waals surface area contributed by atoms with Gasteiger partial charge in [-0.25, -0.2) is 0 Å². The lowest BCUT2D eigenvalue weighted by Crippen LogP contribution is -2.50. The number of rotatable bonds is 11. The molecular formula is C25H34N2O3. The molecule has 0 bridgehead atoms. The van der Waals surface area contributed by atoms with E-state index in [0.29, 0.717) is 25.3 Å². The van der Waals surface area contributed by atoms with Crippen LogP contribution < -0.4 is 10.1 Å². The summed E-state index contributed by atoms with van der Waals surface area (Å²) < 4.78 is 5.74. The summed E-state index contributed by atoms with van der Waals surface area (Å²) in [5.74, 6) is 0.345. The maximum atomic E-state index is 13.1. The van der Waals surface area contributed by atoms with Crippen molar-refractivity contribution in [3.8, 4) is 5.75 Å². The van der Waals surface area contributed by atoms with Gasteiger partial charge in [-0.1, -0.05) is 62.2 Å². The Balaban J connectivity index is 2.17. The van der Waals surface area contributed by atoms with Crippen LogP contribution >= 0.6 is 0 Å². The quantitative estimate of drug-likeness (QED) is 0.559. The molecule has 2 aromatic rings. The number of nitrogens with zero attached hydrogens (tertiary/aromatic N) is 1. The van der Waals surface area contributed by atoms with E-state index < -0.39 is 6.04 Å². The number of amides is 2. The fourth-order valence-electron chi connectivity index (χ4n) is 3.37. The van der Waals surface area contributed by atoms with Crippen molar-refractivity contribution >= 4 is 11.8 Å². The van der Waals surface area contributed by atoms with Crippen LogP contribution in [0.3, 0.4) is 0 Å². The molecule has 0 heterocycles. The van der Waals surface area contributed by atoms with Crippen molar-refractivity contribution in [3.05, 3.63) is 65.2 Å². The summed E-state index contributed by atoms with van der Waals surface area (Å²) in [7, 11) is 0. The van der Waals surface area contributed by atoms with Crippen LogP contribution in [-0.2, 0) is 16.1 Å². The van der Waals surface area contributed by atoms with Crippen LogP contribution in [0.1, 0.15) is 49.8 Å². The van der Waals surface area contributed by atoms with Crippen molar-refractivity contribution in [2.45, 2.75) is 59.5 Å². The molecule has 0 saturated heterocycles. The third kappa shape index (κ3) is 7.21. The molecule has 5 heteroatoms. The highest BCUT2D eigenvalue weighted by molar-refractivity contribution is 5.88. The minimum atomic E-state index is -0.532. The fraction of sp³-hybridized carbons (Fsp3) is 0.440. The Morgan fingerprint density at radius 2 is 1.73 bits per heavy atom. The Morgan fingerprint density at radius 3 is 2.37 bits per heavy atom. The average Bonchev–Trinajstić information content (AvgIpc) is 2.72. The van der Waals surface area contributed by atoms with Gasteiger partial charge in [0.25, 0.3) is 5.91 Å². The first-order valence-corrected chi connectivity index (χ1v) is 10.8. The van der Waals surface area contributed by atoms with Gasteiger partial charge in [-0.05, 0) is 49.9 Å². The van der Waals surface area contributed by atoms with E-state index in [0.717, 1.165) is 29.5 Å². The normalized spacial score (nSPS) is 11.6. The number of ether oxygens (including phenoxy) is 1. The van der Waals surface area contributed by atoms with Crippen molar-refractivity contribution in [2.24, 2.45) is 0 Å². The first-order valence-electron chi connectivity index (χ1n) is 10.8. The molecular weight excluding hydrogens is 376 g/mol. The lowest BCUT2D eigenvalue weighted by atomic mass is 10.1. The van der Waals surface area contributed by atoms with Crippen LogP contribution in [0, 0.1) is 13.8 Å². The zero-order valence-corrected chi connectivity index (χ0v) is 18.6. The van der Waals surface area contributed by atoms with Crippen molar-refractivity contribution in [2.75, 3.05) is 13.2 Å². The standard InChI is InChI=1S/C25H34N2O3/c1-5-7-14-26-25(29)23(6-2)27(17-21-12-8-10-19(3)15-21)24(28)18-30-22-13-9-11-20(4)16-22/h8-13,15-16,23H,5-7,14,17-18H2,1-4H3,(H,26,29)/t23-/m1/s1. The van der Waals surface area contributed by atoms with Crippen molar-refractivity contribution in [1.29, 1.82) is 0 Å². The lowest BCUT2D eigenvalue weighted by molar-refractivity contribution is -0.143. The van der Waals surface area contributed by atoms with Gasteiger partial charge in [0, 0.05) is 13.1 Å². The van der Waals surface area contributed by atoms with Crippen molar-refractivity contribution in [1.82, 2.24) is 10.2 Å². The summed E-state index contributed by atoms with van der Waals surface area (Å²) in [6, 6.07) is 15.1. The van der Waals surface area contributed by atoms with E-state index >= 15 is 0 Å². The van der Waals surface area contributed by atoms with Crippen LogP contribution in [0.5, 0.6) is 5.75 Å². The summed E-state index contributed by atoms with van der Waals surface area (Å²) in [6.07, 6.45) is 2.47. The van der Waals surface area contributed by atoms with Crippen LogP contribution in [0.4, 0.5) is 0 Å². The minimum Gasteiger partial charge on any atom is -0.484 e. The Hall–Kier alpha value is -2.82. The average molecular weight is 411 g/mol. The summed E-state index contributed by atoms with van der Waals surface area (Å²) in [5.41, 5.74) is 3.19. The molecule has 0 aliphatic heterocycles. The third-order valence-electron chi connectivity index (χ3n) is 5.00. The summed E-state index contributed by atoms with van der Waals surface area (Å²) >= 11 is 0. The molecule has 2 rings (SSSR count). The second kappa shape index (κ2) is 12.0. The number of benzene rings is 2. The van der Waals surface area contributed by atoms with Gasteiger partial charge in [-0.15, -0.1) is 0 Å². The van der Waals surface area contributed by atoms with Crippen LogP contribution in [0.2, 0.25) is 0 Å². The lowest BCUT2D eigenvalue weighted by Gasteiger charge is -2.30. The number of unbranched alkanes of at least 4 members (excludes halogenated alkanes) is 1. The van der Waals surface area contributed by atoms with E-state index in [1.807, 2.05) is 69.3 Å². The molecule has 1 N–H and O–H groups in total. The smallest absolute Gasteiger partial charge is 0.261 e. The van der Waals surface area contributed by atoms with E-state index in [-0.39, 0.29) is 18.4 Å². The summed E-state index contributed by atoms with van der Waals surface area (Å²) in [6.45, 7) is 8.91. The van der Waals surface area contributed by atoms with Crippen LogP contribution in [0.15, 0.2) is 48.5 Å². The van der Waals surface area contributed by atoms with Gasteiger partial charge in [0.1, 0.15) is 11.8 Å². The highest BCUT2D eigenvalue weighted by Crippen LogP contribution is 2.16. The molecule has 162 valence electrons. The molecule has 0 aromatic heterocycles. The Morgan fingerprint density at radius 1 is 1.03 bits per heavy atom. The monoisotopic (exact) mass is 410 g/mol. The minimum absolute atomic E-state index is 0.103. The number of carbonyl (C=O) groups excluding carboxylic acids is 2. The third-order valence-corrected chi connectivity index (χ3v) is 5.00. The molecule has 2 amide bonds. The highest BCUT2D eigenvalue weighted by atomic mass is 16.5. The zero-order valence-electron chi connectivity index (χ0n) is 18.6. The first-order chi connectivity index (χ1) is 14.4. The van der Waals surface area contributed by atoms with E-state index in [2.05, 4.69) is 12.2 Å². The SMILES string of the molecule is CCCCNC(=O)[C@@H](CC)N(Cc1cccc(C)c1)C(=O)COc1cccc(C)c1. The molecule has 30 heavy (non-hydrogen) atoms. The maximum Gasteiger partial charge on any atom is 0.261 e. The zero-order chi connectivity index (χ0) is 21.9. The number of hydrogen-bond acceptors (Lipinski definition) is 3. The Kier molecular flexibility index (Phi) is 9.39. The largest absolute Gasteiger partial charge is 0.484 e. The fourth-order valence-corrected chi connectivity index (χ4v) is 3.37. The Bertz CT molecular complexity index is 835. The summed E-state index contributed by atoms with van der Waals surface area (Å²) in [4.78, 5) is 27.6. The number of hydrogen-bond donors (Lipinski definition) is 1. The topological polar surface area (TPSA) is 58.6 Å². The second-order valence-electron chi connectivity index (χ2n) is 7.68. The molecule has 0 radical (unpaired) electrons. The van der Waals surface area contributed by atoms with Crippen molar-refractivity contribution in [3.63, 3.8) is 0 Å². The molecule has 0 saturated carbocycles. The summed E-state index contributed by atoms with van der Waals surface area (Å²) in [5, 5.41) is 2.97. The van der Waals surface area contributed by atoms with Gasteiger partial charge in [0.2, 0.25) is 5.91 Å². The Labute approximate surface area is 180 Å². The second-order valence-corrected chi connectivity index (χ2v) is 7.68. The molecule has 2 aromatic carbocycles. The molecule has 5 nitrogen and oxygen atoms in total. The number of carbonyl (C=O) groups is 2. The molecule has 0 unspecified atom stereocenters. The van der Waals surface area contributed by atoms with Gasteiger partial charge < -0.3 is 15.0 Å².